The van der Waals surface area contributed by atoms with Crippen molar-refractivity contribution in [3.05, 3.63) is 35.4 Å². The van der Waals surface area contributed by atoms with Crippen LogP contribution in [0.2, 0.25) is 0 Å². The van der Waals surface area contributed by atoms with E-state index in [2.05, 4.69) is 27.3 Å². The lowest BCUT2D eigenvalue weighted by molar-refractivity contribution is -0.127. The van der Waals surface area contributed by atoms with E-state index < -0.39 is 0 Å². The molecule has 2 heterocycles. The SMILES string of the molecule is N#Cc1cccc(CN2CCC(N3CCC[C@H](C(=O)NC4CC4)C3)CC2)c1. The van der Waals surface area contributed by atoms with Crippen molar-refractivity contribution in [3.8, 4) is 6.07 Å². The molecule has 1 saturated carbocycles. The van der Waals surface area contributed by atoms with Crippen molar-refractivity contribution in [1.29, 1.82) is 5.26 Å². The third-order valence-electron chi connectivity index (χ3n) is 6.28. The minimum Gasteiger partial charge on any atom is -0.353 e. The summed E-state index contributed by atoms with van der Waals surface area (Å²) in [5.74, 6) is 0.475. The van der Waals surface area contributed by atoms with Gasteiger partial charge < -0.3 is 5.32 Å². The minimum absolute atomic E-state index is 0.186. The fourth-order valence-corrected chi connectivity index (χ4v) is 4.54. The number of amides is 1. The standard InChI is InChI=1S/C22H30N4O/c23-14-17-3-1-4-18(13-17)15-25-11-8-21(9-12-25)26-10-2-5-19(16-26)22(27)24-20-6-7-20/h1,3-4,13,19-21H,2,5-12,15-16H2,(H,24,27)/t19-/m0/s1. The van der Waals surface area contributed by atoms with Crippen molar-refractivity contribution in [2.45, 2.75) is 57.2 Å². The molecule has 1 aliphatic carbocycles. The fourth-order valence-electron chi connectivity index (χ4n) is 4.54. The Morgan fingerprint density at radius 1 is 1.15 bits per heavy atom. The Morgan fingerprint density at radius 2 is 1.96 bits per heavy atom. The molecule has 1 amide bonds. The minimum atomic E-state index is 0.186. The number of piperidine rings is 2. The van der Waals surface area contributed by atoms with E-state index in [0.29, 0.717) is 12.1 Å². The molecule has 3 fully saturated rings. The molecule has 1 aromatic carbocycles. The van der Waals surface area contributed by atoms with Gasteiger partial charge in [-0.2, -0.15) is 5.26 Å². The van der Waals surface area contributed by atoms with Gasteiger partial charge in [-0.15, -0.1) is 0 Å². The first kappa shape index (κ1) is 18.5. The highest BCUT2D eigenvalue weighted by Crippen LogP contribution is 2.26. The van der Waals surface area contributed by atoms with Crippen molar-refractivity contribution in [3.63, 3.8) is 0 Å². The van der Waals surface area contributed by atoms with Crippen LogP contribution in [-0.4, -0.2) is 54.0 Å². The lowest BCUT2D eigenvalue weighted by Crippen LogP contribution is -2.50. The Hall–Kier alpha value is -1.90. The van der Waals surface area contributed by atoms with E-state index in [4.69, 9.17) is 5.26 Å². The molecule has 2 aliphatic heterocycles. The molecule has 144 valence electrons. The van der Waals surface area contributed by atoms with Gasteiger partial charge in [-0.25, -0.2) is 0 Å². The molecule has 0 radical (unpaired) electrons. The van der Waals surface area contributed by atoms with Gasteiger partial charge in [0.2, 0.25) is 5.91 Å². The van der Waals surface area contributed by atoms with Crippen LogP contribution in [0.4, 0.5) is 0 Å². The lowest BCUT2D eigenvalue weighted by Gasteiger charge is -2.42. The van der Waals surface area contributed by atoms with Crippen molar-refractivity contribution >= 4 is 5.91 Å². The Balaban J connectivity index is 1.25. The molecule has 1 N–H and O–H groups in total. The monoisotopic (exact) mass is 366 g/mol. The van der Waals surface area contributed by atoms with Crippen LogP contribution in [0.25, 0.3) is 0 Å². The average Bonchev–Trinajstić information content (AvgIpc) is 3.53. The maximum Gasteiger partial charge on any atom is 0.224 e. The second-order valence-electron chi connectivity index (χ2n) is 8.44. The number of likely N-dealkylation sites (tertiary alicyclic amines) is 2. The molecule has 1 aromatic rings. The number of benzene rings is 1. The fraction of sp³-hybridized carbons (Fsp3) is 0.636. The van der Waals surface area contributed by atoms with Crippen LogP contribution in [0.1, 0.15) is 49.7 Å². The molecule has 2 saturated heterocycles. The molecular formula is C22H30N4O. The third-order valence-corrected chi connectivity index (χ3v) is 6.28. The third kappa shape index (κ3) is 4.88. The largest absolute Gasteiger partial charge is 0.353 e. The van der Waals surface area contributed by atoms with Crippen LogP contribution in [0.3, 0.4) is 0 Å². The molecular weight excluding hydrogens is 336 g/mol. The molecule has 5 nitrogen and oxygen atoms in total. The second-order valence-corrected chi connectivity index (χ2v) is 8.44. The maximum absolute atomic E-state index is 12.4. The predicted octanol–water partition coefficient (Wildman–Crippen LogP) is 2.51. The molecule has 0 spiro atoms. The molecule has 1 atom stereocenters. The van der Waals surface area contributed by atoms with Crippen LogP contribution in [0.5, 0.6) is 0 Å². The van der Waals surface area contributed by atoms with Gasteiger partial charge in [0.1, 0.15) is 0 Å². The summed E-state index contributed by atoms with van der Waals surface area (Å²) in [6.45, 7) is 5.19. The first-order valence-corrected chi connectivity index (χ1v) is 10.5. The van der Waals surface area contributed by atoms with Gasteiger partial charge in [0.05, 0.1) is 17.6 Å². The number of nitrogens with zero attached hydrogens (tertiary/aromatic N) is 3. The first-order chi connectivity index (χ1) is 13.2. The maximum atomic E-state index is 12.4. The number of nitrogens with one attached hydrogen (secondary N) is 1. The van der Waals surface area contributed by atoms with Crippen LogP contribution >= 0.6 is 0 Å². The highest BCUT2D eigenvalue weighted by Gasteiger charge is 2.33. The van der Waals surface area contributed by atoms with Crippen molar-refractivity contribution in [1.82, 2.24) is 15.1 Å². The van der Waals surface area contributed by atoms with E-state index in [-0.39, 0.29) is 11.8 Å². The molecule has 0 bridgehead atoms. The Bertz CT molecular complexity index is 701. The summed E-state index contributed by atoms with van der Waals surface area (Å²) in [6, 6.07) is 11.3. The number of rotatable bonds is 5. The zero-order valence-corrected chi connectivity index (χ0v) is 16.1. The molecule has 0 unspecified atom stereocenters. The van der Waals surface area contributed by atoms with Gasteiger partial charge in [-0.05, 0) is 75.9 Å². The predicted molar refractivity (Wildman–Crippen MR) is 105 cm³/mol. The van der Waals surface area contributed by atoms with E-state index in [1.807, 2.05) is 18.2 Å². The van der Waals surface area contributed by atoms with Gasteiger partial charge in [-0.1, -0.05) is 12.1 Å². The number of nitriles is 1. The summed E-state index contributed by atoms with van der Waals surface area (Å²) in [4.78, 5) is 17.5. The van der Waals surface area contributed by atoms with Gasteiger partial charge in [0.15, 0.2) is 0 Å². The lowest BCUT2D eigenvalue weighted by atomic mass is 9.93. The Morgan fingerprint density at radius 3 is 2.70 bits per heavy atom. The second kappa shape index (κ2) is 8.41. The molecule has 4 rings (SSSR count). The average molecular weight is 367 g/mol. The van der Waals surface area contributed by atoms with Crippen LogP contribution in [-0.2, 0) is 11.3 Å². The van der Waals surface area contributed by atoms with E-state index in [1.165, 1.54) is 18.4 Å². The van der Waals surface area contributed by atoms with Crippen LogP contribution in [0.15, 0.2) is 24.3 Å². The van der Waals surface area contributed by atoms with E-state index in [9.17, 15) is 4.79 Å². The molecule has 27 heavy (non-hydrogen) atoms. The summed E-state index contributed by atoms with van der Waals surface area (Å²) >= 11 is 0. The summed E-state index contributed by atoms with van der Waals surface area (Å²) in [5, 5.41) is 12.3. The molecule has 0 aromatic heterocycles. The topological polar surface area (TPSA) is 59.4 Å². The van der Waals surface area contributed by atoms with Crippen molar-refractivity contribution < 1.29 is 4.79 Å². The van der Waals surface area contributed by atoms with Gasteiger partial charge in [0, 0.05) is 25.2 Å². The van der Waals surface area contributed by atoms with Gasteiger partial charge >= 0.3 is 0 Å². The summed E-state index contributed by atoms with van der Waals surface area (Å²) in [6.07, 6.45) is 6.87. The Labute approximate surface area is 162 Å². The number of carbonyl (C=O) groups is 1. The van der Waals surface area contributed by atoms with Crippen molar-refractivity contribution in [2.24, 2.45) is 5.92 Å². The van der Waals surface area contributed by atoms with E-state index in [0.717, 1.165) is 64.0 Å². The normalized spacial score (nSPS) is 25.1. The number of carbonyl (C=O) groups excluding carboxylic acids is 1. The summed E-state index contributed by atoms with van der Waals surface area (Å²) < 4.78 is 0. The molecule has 3 aliphatic rings. The zero-order valence-electron chi connectivity index (χ0n) is 16.1. The van der Waals surface area contributed by atoms with Crippen LogP contribution in [0, 0.1) is 17.2 Å². The zero-order chi connectivity index (χ0) is 18.6. The quantitative estimate of drug-likeness (QED) is 0.870. The first-order valence-electron chi connectivity index (χ1n) is 10.5. The van der Waals surface area contributed by atoms with Crippen LogP contribution < -0.4 is 5.32 Å². The van der Waals surface area contributed by atoms with E-state index >= 15 is 0 Å². The Kier molecular flexibility index (Phi) is 5.75. The van der Waals surface area contributed by atoms with E-state index in [1.54, 1.807) is 0 Å². The number of hydrogen-bond acceptors (Lipinski definition) is 4. The summed E-state index contributed by atoms with van der Waals surface area (Å²) in [5.41, 5.74) is 1.97. The highest BCUT2D eigenvalue weighted by molar-refractivity contribution is 5.79. The number of hydrogen-bond donors (Lipinski definition) is 1. The molecule has 5 heteroatoms. The smallest absolute Gasteiger partial charge is 0.224 e. The van der Waals surface area contributed by atoms with Gasteiger partial charge in [-0.3, -0.25) is 14.6 Å². The van der Waals surface area contributed by atoms with Crippen molar-refractivity contribution in [2.75, 3.05) is 26.2 Å². The summed E-state index contributed by atoms with van der Waals surface area (Å²) in [7, 11) is 0. The highest BCUT2D eigenvalue weighted by atomic mass is 16.2. The van der Waals surface area contributed by atoms with Gasteiger partial charge in [0.25, 0.3) is 0 Å².